The number of aliphatic hydroxyl groups excluding tert-OH is 1. The largest absolute Gasteiger partial charge is 0.756 e. The third kappa shape index (κ3) is 36.6. The molecule has 0 spiro atoms. The SMILES string of the molecule is CCC/C=C\CCCCCCCC(=O)NC(COP(=O)([O-])OCC[N+](C)(C)C)C(O)/C=C/CC/C=C/CC/C=C/CCCCCCCCCCC. The standard InChI is InChI=1S/C42H79N2O6P/c1-6-8-10-12-14-16-18-19-20-21-22-23-24-25-26-27-29-31-33-35-41(45)40(39-50-51(47,48)49-38-37-44(3,4)5)43-42(46)36-34-32-30-28-17-15-13-11-9-7-2/h11,13,22-23,26-27,33,35,40-41,45H,6-10,12,14-21,24-25,28-32,34,36-39H2,1-5H3,(H-,43,46,47,48)/b13-11-,23-22+,27-26+,35-33+. The maximum Gasteiger partial charge on any atom is 0.268 e. The second-order valence-electron chi connectivity index (χ2n) is 15.0. The Morgan fingerprint density at radius 1 is 0.667 bits per heavy atom. The molecular weight excluding hydrogens is 659 g/mol. The molecule has 51 heavy (non-hydrogen) atoms. The Bertz CT molecular complexity index is 975. The van der Waals surface area contributed by atoms with E-state index < -0.39 is 26.6 Å². The van der Waals surface area contributed by atoms with Gasteiger partial charge in [-0.15, -0.1) is 0 Å². The van der Waals surface area contributed by atoms with Crippen molar-refractivity contribution in [1.29, 1.82) is 0 Å². The third-order valence-electron chi connectivity index (χ3n) is 8.72. The fourth-order valence-corrected chi connectivity index (χ4v) is 6.14. The van der Waals surface area contributed by atoms with Gasteiger partial charge in [-0.3, -0.25) is 9.36 Å². The molecule has 0 aromatic carbocycles. The molecule has 0 fully saturated rings. The van der Waals surface area contributed by atoms with Gasteiger partial charge >= 0.3 is 0 Å². The van der Waals surface area contributed by atoms with Crippen LogP contribution < -0.4 is 10.2 Å². The number of nitrogens with one attached hydrogen (secondary N) is 1. The molecule has 3 unspecified atom stereocenters. The molecule has 0 radical (unpaired) electrons. The first-order valence-corrected chi connectivity index (χ1v) is 22.0. The minimum absolute atomic E-state index is 0.0120. The molecule has 0 aromatic heterocycles. The Balaban J connectivity index is 4.54. The van der Waals surface area contributed by atoms with Crippen LogP contribution in [-0.2, 0) is 18.4 Å². The lowest BCUT2D eigenvalue weighted by Gasteiger charge is -2.29. The van der Waals surface area contributed by atoms with Crippen LogP contribution in [0.3, 0.4) is 0 Å². The van der Waals surface area contributed by atoms with Crippen LogP contribution in [-0.4, -0.2) is 68.5 Å². The Morgan fingerprint density at radius 2 is 1.14 bits per heavy atom. The summed E-state index contributed by atoms with van der Waals surface area (Å²) in [6.07, 6.45) is 41.7. The van der Waals surface area contributed by atoms with Gasteiger partial charge in [-0.25, -0.2) is 0 Å². The Hall–Kier alpha value is -1.54. The lowest BCUT2D eigenvalue weighted by atomic mass is 10.1. The number of phosphoric acid groups is 1. The number of carbonyl (C=O) groups excluding carboxylic acids is 1. The summed E-state index contributed by atoms with van der Waals surface area (Å²) in [5.41, 5.74) is 0. The van der Waals surface area contributed by atoms with Gasteiger partial charge in [0.25, 0.3) is 7.82 Å². The topological polar surface area (TPSA) is 108 Å². The molecule has 0 aliphatic carbocycles. The van der Waals surface area contributed by atoms with Gasteiger partial charge in [0.05, 0.1) is 39.9 Å². The first kappa shape index (κ1) is 49.5. The summed E-state index contributed by atoms with van der Waals surface area (Å²) in [6, 6.07) is -0.911. The number of phosphoric ester groups is 1. The molecule has 0 aliphatic rings. The normalized spacial score (nSPS) is 15.0. The average Bonchev–Trinajstić information content (AvgIpc) is 3.07. The van der Waals surface area contributed by atoms with Gasteiger partial charge in [0.1, 0.15) is 13.2 Å². The molecule has 1 amide bonds. The van der Waals surface area contributed by atoms with E-state index in [-0.39, 0.29) is 12.5 Å². The number of rotatable bonds is 36. The van der Waals surface area contributed by atoms with Crippen molar-refractivity contribution in [3.8, 4) is 0 Å². The predicted octanol–water partition coefficient (Wildman–Crippen LogP) is 10.3. The Labute approximate surface area is 314 Å². The third-order valence-corrected chi connectivity index (χ3v) is 9.68. The molecule has 0 aliphatic heterocycles. The highest BCUT2D eigenvalue weighted by Gasteiger charge is 2.23. The Morgan fingerprint density at radius 3 is 1.67 bits per heavy atom. The zero-order valence-corrected chi connectivity index (χ0v) is 34.4. The van der Waals surface area contributed by atoms with Crippen molar-refractivity contribution in [3.63, 3.8) is 0 Å². The number of hydrogen-bond acceptors (Lipinski definition) is 6. The van der Waals surface area contributed by atoms with E-state index in [9.17, 15) is 19.4 Å². The van der Waals surface area contributed by atoms with Crippen LogP contribution in [0.5, 0.6) is 0 Å². The highest BCUT2D eigenvalue weighted by molar-refractivity contribution is 7.45. The van der Waals surface area contributed by atoms with Gasteiger partial charge in [0.15, 0.2) is 0 Å². The number of allylic oxidation sites excluding steroid dienone is 7. The minimum Gasteiger partial charge on any atom is -0.756 e. The van der Waals surface area contributed by atoms with Gasteiger partial charge in [0.2, 0.25) is 5.91 Å². The first-order chi connectivity index (χ1) is 24.5. The van der Waals surface area contributed by atoms with Crippen LogP contribution in [0.25, 0.3) is 0 Å². The Kier molecular flexibility index (Phi) is 33.2. The van der Waals surface area contributed by atoms with Gasteiger partial charge in [-0.2, -0.15) is 0 Å². The van der Waals surface area contributed by atoms with Crippen LogP contribution in [0, 0.1) is 0 Å². The van der Waals surface area contributed by atoms with Crippen molar-refractivity contribution in [3.05, 3.63) is 48.6 Å². The quantitative estimate of drug-likeness (QED) is 0.0287. The summed E-state index contributed by atoms with van der Waals surface area (Å²) in [7, 11) is 1.22. The fourth-order valence-electron chi connectivity index (χ4n) is 5.42. The lowest BCUT2D eigenvalue weighted by Crippen LogP contribution is -2.45. The van der Waals surface area contributed by atoms with Gasteiger partial charge in [0, 0.05) is 6.42 Å². The van der Waals surface area contributed by atoms with Crippen LogP contribution in [0.4, 0.5) is 0 Å². The minimum atomic E-state index is -4.59. The van der Waals surface area contributed by atoms with Crippen LogP contribution in [0.2, 0.25) is 0 Å². The number of amides is 1. The number of aliphatic hydroxyl groups is 1. The van der Waals surface area contributed by atoms with Gasteiger partial charge in [-0.05, 0) is 64.2 Å². The van der Waals surface area contributed by atoms with E-state index in [1.165, 1.54) is 70.6 Å². The van der Waals surface area contributed by atoms with Crippen molar-refractivity contribution < 1.29 is 32.9 Å². The van der Waals surface area contributed by atoms with Crippen LogP contribution in [0.1, 0.15) is 162 Å². The van der Waals surface area contributed by atoms with Crippen molar-refractivity contribution >= 4 is 13.7 Å². The molecule has 0 saturated carbocycles. The summed E-state index contributed by atoms with van der Waals surface area (Å²) >= 11 is 0. The van der Waals surface area contributed by atoms with Gasteiger partial charge in [-0.1, -0.05) is 140 Å². The van der Waals surface area contributed by atoms with E-state index in [1.54, 1.807) is 6.08 Å². The average molecular weight is 739 g/mol. The number of quaternary nitrogens is 1. The van der Waals surface area contributed by atoms with Crippen LogP contribution in [0.15, 0.2) is 48.6 Å². The maximum absolute atomic E-state index is 12.7. The molecule has 298 valence electrons. The molecule has 0 rings (SSSR count). The number of likely N-dealkylation sites (N-methyl/N-ethyl adjacent to an activating group) is 1. The summed E-state index contributed by atoms with van der Waals surface area (Å²) in [6.45, 7) is 4.52. The zero-order valence-electron chi connectivity index (χ0n) is 33.5. The van der Waals surface area contributed by atoms with Crippen molar-refractivity contribution in [2.45, 2.75) is 174 Å². The van der Waals surface area contributed by atoms with Crippen molar-refractivity contribution in [1.82, 2.24) is 5.32 Å². The van der Waals surface area contributed by atoms with E-state index in [2.05, 4.69) is 55.6 Å². The van der Waals surface area contributed by atoms with E-state index >= 15 is 0 Å². The molecule has 0 heterocycles. The monoisotopic (exact) mass is 739 g/mol. The number of hydrogen-bond donors (Lipinski definition) is 2. The molecule has 8 nitrogen and oxygen atoms in total. The van der Waals surface area contributed by atoms with E-state index in [0.29, 0.717) is 17.4 Å². The number of nitrogens with zero attached hydrogens (tertiary/aromatic N) is 1. The lowest BCUT2D eigenvalue weighted by molar-refractivity contribution is -0.870. The van der Waals surface area contributed by atoms with Crippen molar-refractivity contribution in [2.24, 2.45) is 0 Å². The summed E-state index contributed by atoms with van der Waals surface area (Å²) in [4.78, 5) is 25.1. The van der Waals surface area contributed by atoms with E-state index in [1.807, 2.05) is 27.2 Å². The van der Waals surface area contributed by atoms with E-state index in [4.69, 9.17) is 9.05 Å². The molecule has 2 N–H and O–H groups in total. The number of carbonyl (C=O) groups is 1. The molecule has 9 heteroatoms. The molecule has 3 atom stereocenters. The molecular formula is C42H79N2O6P. The van der Waals surface area contributed by atoms with Crippen molar-refractivity contribution in [2.75, 3.05) is 40.9 Å². The van der Waals surface area contributed by atoms with Gasteiger partial charge < -0.3 is 28.8 Å². The summed E-state index contributed by atoms with van der Waals surface area (Å²) in [5.74, 6) is -0.226. The second kappa shape index (κ2) is 34.2. The summed E-state index contributed by atoms with van der Waals surface area (Å²) < 4.78 is 23.1. The molecule has 0 bridgehead atoms. The molecule has 0 saturated heterocycles. The fraction of sp³-hybridized carbons (Fsp3) is 0.786. The van der Waals surface area contributed by atoms with Crippen LogP contribution >= 0.6 is 7.82 Å². The highest BCUT2D eigenvalue weighted by atomic mass is 31.2. The maximum atomic E-state index is 12.7. The van der Waals surface area contributed by atoms with E-state index in [0.717, 1.165) is 70.6 Å². The second-order valence-corrected chi connectivity index (χ2v) is 16.4. The predicted molar refractivity (Wildman–Crippen MR) is 214 cm³/mol. The smallest absolute Gasteiger partial charge is 0.268 e. The molecule has 0 aromatic rings. The first-order valence-electron chi connectivity index (χ1n) is 20.5. The highest BCUT2D eigenvalue weighted by Crippen LogP contribution is 2.38. The summed E-state index contributed by atoms with van der Waals surface area (Å²) in [5, 5.41) is 13.7. The number of unbranched alkanes of at least 4 members (excludes halogenated alkanes) is 17. The zero-order chi connectivity index (χ0) is 37.9.